The van der Waals surface area contributed by atoms with Crippen LogP contribution in [0.4, 0.5) is 0 Å². The maximum atomic E-state index is 2.40. The van der Waals surface area contributed by atoms with Gasteiger partial charge in [-0.15, -0.1) is 0 Å². The zero-order chi connectivity index (χ0) is 32.3. The van der Waals surface area contributed by atoms with Crippen molar-refractivity contribution in [3.05, 3.63) is 188 Å². The number of hydrogen-bond donors (Lipinski definition) is 0. The molecule has 0 amide bonds. The number of para-hydroxylation sites is 2. The Kier molecular flexibility index (Phi) is 6.25. The number of fused-ring (bicyclic) bond motifs is 9. The van der Waals surface area contributed by atoms with Crippen molar-refractivity contribution in [2.24, 2.45) is 0 Å². The van der Waals surface area contributed by atoms with Crippen molar-refractivity contribution >= 4 is 54.1 Å². The second-order valence-corrected chi connectivity index (χ2v) is 12.9. The largest absolute Gasteiger partial charge is 0.309 e. The van der Waals surface area contributed by atoms with Crippen LogP contribution in [0.5, 0.6) is 0 Å². The summed E-state index contributed by atoms with van der Waals surface area (Å²) < 4.78 is 2.39. The zero-order valence-electron chi connectivity index (χ0n) is 26.8. The van der Waals surface area contributed by atoms with Crippen molar-refractivity contribution in [1.82, 2.24) is 4.57 Å². The van der Waals surface area contributed by atoms with Gasteiger partial charge in [0.15, 0.2) is 0 Å². The minimum Gasteiger partial charge on any atom is -0.309 e. The van der Waals surface area contributed by atoms with Crippen LogP contribution in [0.3, 0.4) is 0 Å². The van der Waals surface area contributed by atoms with Crippen molar-refractivity contribution in [3.8, 4) is 39.1 Å². The molecule has 0 unspecified atom stereocenters. The molecule has 1 aromatic heterocycles. The van der Waals surface area contributed by atoms with Crippen molar-refractivity contribution in [2.75, 3.05) is 0 Å². The van der Waals surface area contributed by atoms with Gasteiger partial charge in [-0.25, -0.2) is 0 Å². The quantitative estimate of drug-likeness (QED) is 0.172. The van der Waals surface area contributed by atoms with Gasteiger partial charge in [-0.05, 0) is 108 Å². The van der Waals surface area contributed by atoms with Crippen LogP contribution in [-0.2, 0) is 0 Å². The van der Waals surface area contributed by atoms with Gasteiger partial charge in [-0.3, -0.25) is 0 Å². The van der Waals surface area contributed by atoms with Crippen LogP contribution < -0.4 is 0 Å². The molecule has 0 aliphatic rings. The fourth-order valence-corrected chi connectivity index (χ4v) is 7.85. The molecule has 0 saturated carbocycles. The zero-order valence-corrected chi connectivity index (χ0v) is 26.8. The first-order chi connectivity index (χ1) is 24.3. The molecule has 10 aromatic rings. The fourth-order valence-electron chi connectivity index (χ4n) is 7.85. The summed E-state index contributed by atoms with van der Waals surface area (Å²) in [6.45, 7) is 0. The molecule has 49 heavy (non-hydrogen) atoms. The van der Waals surface area contributed by atoms with E-state index in [1.165, 1.54) is 93.2 Å². The Labute approximate surface area is 284 Å². The van der Waals surface area contributed by atoms with Gasteiger partial charge in [0.1, 0.15) is 0 Å². The predicted octanol–water partition coefficient (Wildman–Crippen LogP) is 13.2. The van der Waals surface area contributed by atoms with E-state index in [4.69, 9.17) is 0 Å². The fraction of sp³-hybridized carbons (Fsp3) is 0. The topological polar surface area (TPSA) is 4.93 Å². The molecule has 228 valence electrons. The lowest BCUT2D eigenvalue weighted by Gasteiger charge is -2.14. The van der Waals surface area contributed by atoms with Crippen LogP contribution in [0.1, 0.15) is 0 Å². The summed E-state index contributed by atoms with van der Waals surface area (Å²) in [5, 5.41) is 10.3. The first-order valence-electron chi connectivity index (χ1n) is 16.9. The third-order valence-electron chi connectivity index (χ3n) is 10.2. The van der Waals surface area contributed by atoms with E-state index < -0.39 is 0 Å². The Balaban J connectivity index is 1.12. The highest BCUT2D eigenvalue weighted by molar-refractivity contribution is 6.26. The smallest absolute Gasteiger partial charge is 0.0541 e. The molecule has 0 radical (unpaired) electrons. The summed E-state index contributed by atoms with van der Waals surface area (Å²) in [4.78, 5) is 0. The van der Waals surface area contributed by atoms with Gasteiger partial charge in [-0.2, -0.15) is 0 Å². The Bertz CT molecular complexity index is 2820. The molecule has 0 saturated heterocycles. The number of aromatic nitrogens is 1. The maximum absolute atomic E-state index is 2.40. The van der Waals surface area contributed by atoms with Crippen molar-refractivity contribution < 1.29 is 0 Å². The van der Waals surface area contributed by atoms with Gasteiger partial charge >= 0.3 is 0 Å². The average Bonchev–Trinajstić information content (AvgIpc) is 3.52. The molecule has 9 aromatic carbocycles. The van der Waals surface area contributed by atoms with Gasteiger partial charge in [-0.1, -0.05) is 146 Å². The van der Waals surface area contributed by atoms with E-state index >= 15 is 0 Å². The summed E-state index contributed by atoms with van der Waals surface area (Å²) in [7, 11) is 0. The molecule has 0 bridgehead atoms. The lowest BCUT2D eigenvalue weighted by Crippen LogP contribution is -1.94. The van der Waals surface area contributed by atoms with Gasteiger partial charge in [0.2, 0.25) is 0 Å². The van der Waals surface area contributed by atoms with Gasteiger partial charge < -0.3 is 4.57 Å². The maximum Gasteiger partial charge on any atom is 0.0541 e. The summed E-state index contributed by atoms with van der Waals surface area (Å²) in [5.41, 5.74) is 10.9. The molecule has 1 heteroatoms. The average molecular weight is 622 g/mol. The first kappa shape index (κ1) is 27.7. The normalized spacial score (nSPS) is 11.7. The van der Waals surface area contributed by atoms with Crippen LogP contribution >= 0.6 is 0 Å². The Hall–Kier alpha value is -6.44. The van der Waals surface area contributed by atoms with E-state index in [-0.39, 0.29) is 0 Å². The second kappa shape index (κ2) is 11.1. The van der Waals surface area contributed by atoms with E-state index in [9.17, 15) is 0 Å². The molecule has 0 atom stereocenters. The number of hydrogen-bond acceptors (Lipinski definition) is 0. The Morgan fingerprint density at radius 1 is 0.224 bits per heavy atom. The molecule has 1 heterocycles. The van der Waals surface area contributed by atoms with E-state index in [0.717, 1.165) is 0 Å². The molecule has 10 rings (SSSR count). The standard InChI is InChI=1S/C48H31N/c1-2-12-32(13-3-1)36-24-26-41-39-18-4-5-19-40(39)42-27-25-37(31-46(42)45(41)30-36)34-15-10-14-33(28-34)35-16-11-17-38(29-35)49-47-22-8-6-20-43(47)44-21-7-9-23-48(44)49/h1-31H. The molecule has 0 N–H and O–H groups in total. The highest BCUT2D eigenvalue weighted by Crippen LogP contribution is 2.40. The molecule has 0 spiro atoms. The summed E-state index contributed by atoms with van der Waals surface area (Å²) in [5.74, 6) is 0. The van der Waals surface area contributed by atoms with E-state index in [1.807, 2.05) is 0 Å². The third kappa shape index (κ3) is 4.47. The second-order valence-electron chi connectivity index (χ2n) is 12.9. The number of benzene rings is 9. The molecular weight excluding hydrogens is 591 g/mol. The van der Waals surface area contributed by atoms with Crippen LogP contribution in [-0.4, -0.2) is 4.57 Å². The van der Waals surface area contributed by atoms with Crippen LogP contribution in [0, 0.1) is 0 Å². The van der Waals surface area contributed by atoms with E-state index in [2.05, 4.69) is 193 Å². The summed E-state index contributed by atoms with van der Waals surface area (Å²) >= 11 is 0. The van der Waals surface area contributed by atoms with E-state index in [0.29, 0.717) is 0 Å². The number of rotatable bonds is 4. The highest BCUT2D eigenvalue weighted by atomic mass is 15.0. The van der Waals surface area contributed by atoms with Gasteiger partial charge in [0, 0.05) is 16.5 Å². The predicted molar refractivity (Wildman–Crippen MR) is 210 cm³/mol. The summed E-state index contributed by atoms with van der Waals surface area (Å²) in [6.07, 6.45) is 0. The van der Waals surface area contributed by atoms with Crippen molar-refractivity contribution in [1.29, 1.82) is 0 Å². The minimum atomic E-state index is 1.17. The van der Waals surface area contributed by atoms with Crippen molar-refractivity contribution in [2.45, 2.75) is 0 Å². The lowest BCUT2D eigenvalue weighted by atomic mass is 9.90. The monoisotopic (exact) mass is 621 g/mol. The first-order valence-corrected chi connectivity index (χ1v) is 16.9. The third-order valence-corrected chi connectivity index (χ3v) is 10.2. The number of nitrogens with zero attached hydrogens (tertiary/aromatic N) is 1. The Morgan fingerprint density at radius 2 is 0.633 bits per heavy atom. The molecule has 0 aliphatic heterocycles. The van der Waals surface area contributed by atoms with Crippen LogP contribution in [0.25, 0.3) is 93.2 Å². The SMILES string of the molecule is c1ccc(-c2ccc3c4ccccc4c4ccc(-c5cccc(-c6cccc(-n7c8ccccc8c8ccccc87)c6)c5)cc4c3c2)cc1. The molecule has 0 aliphatic carbocycles. The molecular formula is C48H31N. The van der Waals surface area contributed by atoms with Crippen LogP contribution in [0.15, 0.2) is 188 Å². The van der Waals surface area contributed by atoms with Gasteiger partial charge in [0.25, 0.3) is 0 Å². The minimum absolute atomic E-state index is 1.17. The highest BCUT2D eigenvalue weighted by Gasteiger charge is 2.14. The van der Waals surface area contributed by atoms with Crippen molar-refractivity contribution in [3.63, 3.8) is 0 Å². The molecule has 0 fully saturated rings. The van der Waals surface area contributed by atoms with Crippen LogP contribution in [0.2, 0.25) is 0 Å². The Morgan fingerprint density at radius 3 is 1.22 bits per heavy atom. The lowest BCUT2D eigenvalue weighted by molar-refractivity contribution is 1.18. The van der Waals surface area contributed by atoms with E-state index in [1.54, 1.807) is 0 Å². The summed E-state index contributed by atoms with van der Waals surface area (Å²) in [6, 6.07) is 68.8. The van der Waals surface area contributed by atoms with Gasteiger partial charge in [0.05, 0.1) is 11.0 Å². The molecule has 1 nitrogen and oxygen atoms in total.